The van der Waals surface area contributed by atoms with Crippen LogP contribution in [0.1, 0.15) is 18.4 Å². The van der Waals surface area contributed by atoms with E-state index in [1.165, 1.54) is 17.7 Å². The van der Waals surface area contributed by atoms with Crippen LogP contribution in [0.3, 0.4) is 0 Å². The molecule has 0 aromatic heterocycles. The van der Waals surface area contributed by atoms with E-state index < -0.39 is 0 Å². The summed E-state index contributed by atoms with van der Waals surface area (Å²) in [6.45, 7) is 0. The predicted molar refractivity (Wildman–Crippen MR) is 79.6 cm³/mol. The van der Waals surface area contributed by atoms with Crippen LogP contribution in [-0.2, 0) is 6.42 Å². The summed E-state index contributed by atoms with van der Waals surface area (Å²) >= 11 is 0. The van der Waals surface area contributed by atoms with Gasteiger partial charge in [0.05, 0.1) is 11.4 Å². The molecule has 1 aliphatic heterocycles. The smallest absolute Gasteiger partial charge is 0.125 e. The molecule has 2 N–H and O–H groups in total. The van der Waals surface area contributed by atoms with Crippen LogP contribution in [-0.4, -0.2) is 5.84 Å². The van der Waals surface area contributed by atoms with E-state index >= 15 is 0 Å². The molecule has 0 amide bonds. The number of amidine groups is 1. The highest BCUT2D eigenvalue weighted by Gasteiger charge is 2.09. The molecule has 1 aliphatic rings. The van der Waals surface area contributed by atoms with Crippen LogP contribution in [0.4, 0.5) is 15.8 Å². The molecule has 3 rings (SSSR count). The summed E-state index contributed by atoms with van der Waals surface area (Å²) < 4.78 is 13.1. The highest BCUT2D eigenvalue weighted by Crippen LogP contribution is 2.24. The SMILES string of the molecule is Fc1cccc(NNC2=Nc3ccccc3CCC2)c1. The number of rotatable bonds is 2. The Kier molecular flexibility index (Phi) is 3.63. The minimum Gasteiger partial charge on any atom is -0.300 e. The van der Waals surface area contributed by atoms with E-state index in [4.69, 9.17) is 0 Å². The third-order valence-corrected chi connectivity index (χ3v) is 3.28. The van der Waals surface area contributed by atoms with Crippen molar-refractivity contribution in [3.05, 3.63) is 59.9 Å². The van der Waals surface area contributed by atoms with Gasteiger partial charge in [0, 0.05) is 6.42 Å². The summed E-state index contributed by atoms with van der Waals surface area (Å²) in [5.74, 6) is 0.615. The number of anilines is 1. The van der Waals surface area contributed by atoms with Gasteiger partial charge in [-0.25, -0.2) is 9.38 Å². The summed E-state index contributed by atoms with van der Waals surface area (Å²) in [5, 5.41) is 0. The zero-order chi connectivity index (χ0) is 13.8. The first-order chi connectivity index (χ1) is 9.81. The number of para-hydroxylation sites is 1. The Bertz CT molecular complexity index is 637. The van der Waals surface area contributed by atoms with Crippen molar-refractivity contribution in [1.82, 2.24) is 5.43 Å². The maximum Gasteiger partial charge on any atom is 0.125 e. The monoisotopic (exact) mass is 269 g/mol. The highest BCUT2D eigenvalue weighted by atomic mass is 19.1. The van der Waals surface area contributed by atoms with E-state index in [0.717, 1.165) is 30.8 Å². The van der Waals surface area contributed by atoms with Crippen LogP contribution >= 0.6 is 0 Å². The van der Waals surface area contributed by atoms with Gasteiger partial charge in [0.2, 0.25) is 0 Å². The van der Waals surface area contributed by atoms with E-state index in [0.29, 0.717) is 5.69 Å². The molecule has 1 heterocycles. The largest absolute Gasteiger partial charge is 0.300 e. The predicted octanol–water partition coefficient (Wildman–Crippen LogP) is 3.81. The van der Waals surface area contributed by atoms with Gasteiger partial charge in [0.1, 0.15) is 11.7 Å². The standard InChI is InChI=1S/C16H16FN3/c17-13-7-4-8-14(11-13)19-20-16-10-3-6-12-5-1-2-9-15(12)18-16/h1-2,4-5,7-9,11,19H,3,6,10H2,(H,18,20). The summed E-state index contributed by atoms with van der Waals surface area (Å²) in [4.78, 5) is 4.63. The molecule has 3 nitrogen and oxygen atoms in total. The molecular formula is C16H16FN3. The number of fused-ring (bicyclic) bond motifs is 1. The van der Waals surface area contributed by atoms with Gasteiger partial charge >= 0.3 is 0 Å². The van der Waals surface area contributed by atoms with Gasteiger partial charge < -0.3 is 0 Å². The Morgan fingerprint density at radius 1 is 0.950 bits per heavy atom. The molecule has 102 valence electrons. The van der Waals surface area contributed by atoms with Crippen LogP contribution < -0.4 is 10.9 Å². The van der Waals surface area contributed by atoms with Crippen molar-refractivity contribution < 1.29 is 4.39 Å². The molecule has 2 aromatic rings. The maximum atomic E-state index is 13.1. The number of nitrogens with zero attached hydrogens (tertiary/aromatic N) is 1. The summed E-state index contributed by atoms with van der Waals surface area (Å²) in [5.41, 5.74) is 9.04. The van der Waals surface area contributed by atoms with Crippen molar-refractivity contribution in [3.8, 4) is 0 Å². The Labute approximate surface area is 117 Å². The van der Waals surface area contributed by atoms with Gasteiger partial charge in [0.15, 0.2) is 0 Å². The number of aliphatic imine (C=N–C) groups is 1. The average Bonchev–Trinajstić information content (AvgIpc) is 2.67. The molecule has 0 radical (unpaired) electrons. The number of benzene rings is 2. The van der Waals surface area contributed by atoms with Crippen molar-refractivity contribution >= 4 is 17.2 Å². The van der Waals surface area contributed by atoms with Crippen LogP contribution in [0.25, 0.3) is 0 Å². The van der Waals surface area contributed by atoms with Crippen molar-refractivity contribution in [2.75, 3.05) is 5.43 Å². The van der Waals surface area contributed by atoms with Crippen molar-refractivity contribution in [2.24, 2.45) is 4.99 Å². The minimum atomic E-state index is -0.259. The zero-order valence-electron chi connectivity index (χ0n) is 11.1. The highest BCUT2D eigenvalue weighted by molar-refractivity contribution is 5.86. The molecular weight excluding hydrogens is 253 g/mol. The molecule has 0 saturated heterocycles. The third-order valence-electron chi connectivity index (χ3n) is 3.28. The average molecular weight is 269 g/mol. The van der Waals surface area contributed by atoms with Gasteiger partial charge in [-0.15, -0.1) is 0 Å². The topological polar surface area (TPSA) is 36.4 Å². The first kappa shape index (κ1) is 12.7. The molecule has 0 unspecified atom stereocenters. The number of halogens is 1. The first-order valence-electron chi connectivity index (χ1n) is 6.74. The minimum absolute atomic E-state index is 0.259. The lowest BCUT2D eigenvalue weighted by Gasteiger charge is -2.11. The second-order valence-corrected chi connectivity index (χ2v) is 4.80. The van der Waals surface area contributed by atoms with Gasteiger partial charge in [-0.05, 0) is 42.7 Å². The number of hydrogen-bond donors (Lipinski definition) is 2. The summed E-state index contributed by atoms with van der Waals surface area (Å²) in [6, 6.07) is 14.5. The Morgan fingerprint density at radius 3 is 2.75 bits per heavy atom. The summed E-state index contributed by atoms with van der Waals surface area (Å²) in [7, 11) is 0. The molecule has 4 heteroatoms. The third kappa shape index (κ3) is 2.96. The van der Waals surface area contributed by atoms with E-state index in [-0.39, 0.29) is 5.82 Å². The van der Waals surface area contributed by atoms with Crippen LogP contribution in [0.15, 0.2) is 53.5 Å². The lowest BCUT2D eigenvalue weighted by Crippen LogP contribution is -2.29. The summed E-state index contributed by atoms with van der Waals surface area (Å²) in [6.07, 6.45) is 2.95. The molecule has 0 fully saturated rings. The number of hydrazine groups is 1. The Morgan fingerprint density at radius 2 is 1.85 bits per heavy atom. The lowest BCUT2D eigenvalue weighted by molar-refractivity contribution is 0.628. The van der Waals surface area contributed by atoms with E-state index in [2.05, 4.69) is 21.9 Å². The van der Waals surface area contributed by atoms with Crippen LogP contribution in [0, 0.1) is 5.82 Å². The Balaban J connectivity index is 1.73. The van der Waals surface area contributed by atoms with Crippen molar-refractivity contribution in [1.29, 1.82) is 0 Å². The molecule has 0 spiro atoms. The fraction of sp³-hybridized carbons (Fsp3) is 0.188. The number of nitrogens with one attached hydrogen (secondary N) is 2. The Hall–Kier alpha value is -2.36. The quantitative estimate of drug-likeness (QED) is 0.813. The first-order valence-corrected chi connectivity index (χ1v) is 6.74. The molecule has 2 aromatic carbocycles. The molecule has 0 saturated carbocycles. The maximum absolute atomic E-state index is 13.1. The molecule has 0 aliphatic carbocycles. The van der Waals surface area contributed by atoms with Gasteiger partial charge in [-0.2, -0.15) is 0 Å². The zero-order valence-corrected chi connectivity index (χ0v) is 11.1. The number of hydrogen-bond acceptors (Lipinski definition) is 3. The van der Waals surface area contributed by atoms with E-state index in [9.17, 15) is 4.39 Å². The second-order valence-electron chi connectivity index (χ2n) is 4.80. The van der Waals surface area contributed by atoms with Crippen LogP contribution in [0.5, 0.6) is 0 Å². The normalized spacial score (nSPS) is 13.9. The second kappa shape index (κ2) is 5.74. The van der Waals surface area contributed by atoms with Gasteiger partial charge in [-0.3, -0.25) is 10.9 Å². The van der Waals surface area contributed by atoms with Gasteiger partial charge in [-0.1, -0.05) is 24.3 Å². The fourth-order valence-corrected chi connectivity index (χ4v) is 2.28. The van der Waals surface area contributed by atoms with E-state index in [1.807, 2.05) is 18.2 Å². The van der Waals surface area contributed by atoms with Crippen molar-refractivity contribution in [3.63, 3.8) is 0 Å². The lowest BCUT2D eigenvalue weighted by atomic mass is 10.1. The van der Waals surface area contributed by atoms with Gasteiger partial charge in [0.25, 0.3) is 0 Å². The van der Waals surface area contributed by atoms with E-state index in [1.54, 1.807) is 12.1 Å². The molecule has 20 heavy (non-hydrogen) atoms. The van der Waals surface area contributed by atoms with Crippen molar-refractivity contribution in [2.45, 2.75) is 19.3 Å². The van der Waals surface area contributed by atoms with Crippen LogP contribution in [0.2, 0.25) is 0 Å². The molecule has 0 bridgehead atoms. The fourth-order valence-electron chi connectivity index (χ4n) is 2.28. The number of aryl methyl sites for hydroxylation is 1. The molecule has 0 atom stereocenters.